The van der Waals surface area contributed by atoms with Crippen LogP contribution in [0.15, 0.2) is 72.8 Å². The molecular weight excluding hydrogens is 602 g/mol. The van der Waals surface area contributed by atoms with E-state index in [2.05, 4.69) is 5.32 Å². The second-order valence-electron chi connectivity index (χ2n) is 10.5. The number of hydrogen-bond acceptors (Lipinski definition) is 10. The molecule has 3 aromatic carbocycles. The van der Waals surface area contributed by atoms with Crippen LogP contribution in [0.1, 0.15) is 55.6 Å². The summed E-state index contributed by atoms with van der Waals surface area (Å²) in [6.45, 7) is 3.75. The Morgan fingerprint density at radius 2 is 0.978 bits per heavy atom. The minimum atomic E-state index is -0.818. The first kappa shape index (κ1) is 34.7. The molecular formula is C30H33N7O9. The van der Waals surface area contributed by atoms with E-state index in [1.54, 1.807) is 32.9 Å². The molecule has 46 heavy (non-hydrogen) atoms. The molecule has 3 N–H and O–H groups in total. The number of hydrogen-bond donors (Lipinski definition) is 2. The van der Waals surface area contributed by atoms with Crippen molar-refractivity contribution >= 4 is 34.8 Å². The van der Waals surface area contributed by atoms with Crippen LogP contribution in [-0.2, 0) is 14.4 Å². The van der Waals surface area contributed by atoms with Crippen molar-refractivity contribution in [3.63, 3.8) is 0 Å². The van der Waals surface area contributed by atoms with Crippen LogP contribution in [0.3, 0.4) is 0 Å². The van der Waals surface area contributed by atoms with Crippen LogP contribution in [0, 0.1) is 30.3 Å². The summed E-state index contributed by atoms with van der Waals surface area (Å²) in [6, 6.07) is 14.8. The van der Waals surface area contributed by atoms with Crippen molar-refractivity contribution in [2.75, 3.05) is 19.6 Å². The summed E-state index contributed by atoms with van der Waals surface area (Å²) in [6.07, 6.45) is 0. The maximum atomic E-state index is 13.8. The lowest BCUT2D eigenvalue weighted by Crippen LogP contribution is -2.49. The molecule has 0 bridgehead atoms. The van der Waals surface area contributed by atoms with Crippen molar-refractivity contribution < 1.29 is 29.2 Å². The molecule has 3 aromatic rings. The van der Waals surface area contributed by atoms with E-state index in [-0.39, 0.29) is 23.6 Å². The number of amides is 3. The summed E-state index contributed by atoms with van der Waals surface area (Å²) in [5.41, 5.74) is 6.70. The lowest BCUT2D eigenvalue weighted by Gasteiger charge is -2.34. The number of benzene rings is 3. The quantitative estimate of drug-likeness (QED) is 0.182. The molecule has 0 saturated heterocycles. The molecule has 16 nitrogen and oxygen atoms in total. The Morgan fingerprint density at radius 3 is 1.33 bits per heavy atom. The van der Waals surface area contributed by atoms with Gasteiger partial charge in [-0.05, 0) is 37.5 Å². The lowest BCUT2D eigenvalue weighted by atomic mass is 10.0. The minimum absolute atomic E-state index is 0.0860. The van der Waals surface area contributed by atoms with Gasteiger partial charge in [0, 0.05) is 42.4 Å². The molecule has 0 spiro atoms. The number of nitrogens with one attached hydrogen (secondary N) is 1. The molecule has 16 heteroatoms. The van der Waals surface area contributed by atoms with Gasteiger partial charge in [-0.15, -0.1) is 0 Å². The second-order valence-corrected chi connectivity index (χ2v) is 10.5. The zero-order valence-corrected chi connectivity index (χ0v) is 25.3. The van der Waals surface area contributed by atoms with Gasteiger partial charge in [0.1, 0.15) is 6.54 Å². The van der Waals surface area contributed by atoms with E-state index in [9.17, 15) is 44.7 Å². The molecule has 242 valence electrons. The minimum Gasteiger partial charge on any atom is -0.368 e. The van der Waals surface area contributed by atoms with Crippen molar-refractivity contribution in [1.82, 2.24) is 15.1 Å². The molecule has 0 fully saturated rings. The smallest absolute Gasteiger partial charge is 0.269 e. The summed E-state index contributed by atoms with van der Waals surface area (Å²) >= 11 is 0. The highest BCUT2D eigenvalue weighted by Gasteiger charge is 2.30. The van der Waals surface area contributed by atoms with Gasteiger partial charge in [0.25, 0.3) is 17.1 Å². The summed E-state index contributed by atoms with van der Waals surface area (Å²) in [5.74, 6) is -1.98. The van der Waals surface area contributed by atoms with Gasteiger partial charge >= 0.3 is 0 Å². The Morgan fingerprint density at radius 1 is 0.630 bits per heavy atom. The predicted molar refractivity (Wildman–Crippen MR) is 165 cm³/mol. The van der Waals surface area contributed by atoms with E-state index in [1.165, 1.54) is 70.5 Å². The predicted octanol–water partition coefficient (Wildman–Crippen LogP) is 3.73. The molecule has 3 atom stereocenters. The molecule has 0 aliphatic carbocycles. The van der Waals surface area contributed by atoms with E-state index < -0.39 is 63.7 Å². The normalized spacial score (nSPS) is 12.8. The standard InChI is InChI=1S/C30H33N7O9/c1-19(22-4-10-25(11-5-22)35(41)42)32-16-29(39)34(21(3)24-8-14-27(15-9-24)37(45)46)18-30(40)33(17-28(31)38)20(2)23-6-12-26(13-7-23)36(43)44/h4-15,19-21,32H,16-18H2,1-3H3,(H2,31,38)/t19-,20-,21-/m0/s1. The number of nitrogens with zero attached hydrogens (tertiary/aromatic N) is 5. The molecule has 0 unspecified atom stereocenters. The van der Waals surface area contributed by atoms with E-state index in [4.69, 9.17) is 5.73 Å². The average molecular weight is 636 g/mol. The van der Waals surface area contributed by atoms with Crippen molar-refractivity contribution in [3.8, 4) is 0 Å². The first-order chi connectivity index (χ1) is 21.7. The molecule has 0 radical (unpaired) electrons. The molecule has 0 aliphatic heterocycles. The van der Waals surface area contributed by atoms with E-state index in [1.807, 2.05) is 0 Å². The van der Waals surface area contributed by atoms with Crippen molar-refractivity contribution in [3.05, 3.63) is 120 Å². The van der Waals surface area contributed by atoms with Gasteiger partial charge in [0.15, 0.2) is 0 Å². The highest BCUT2D eigenvalue weighted by molar-refractivity contribution is 5.89. The van der Waals surface area contributed by atoms with Gasteiger partial charge in [0.05, 0.1) is 39.9 Å². The zero-order valence-electron chi connectivity index (χ0n) is 25.3. The van der Waals surface area contributed by atoms with Gasteiger partial charge in [-0.3, -0.25) is 44.7 Å². The van der Waals surface area contributed by atoms with Crippen molar-refractivity contribution in [2.24, 2.45) is 5.73 Å². The third-order valence-electron chi connectivity index (χ3n) is 7.54. The number of carbonyl (C=O) groups is 3. The number of primary amides is 1. The molecule has 0 saturated carbocycles. The zero-order chi connectivity index (χ0) is 34.1. The summed E-state index contributed by atoms with van der Waals surface area (Å²) in [5, 5.41) is 36.3. The number of non-ortho nitro benzene ring substituents is 3. The van der Waals surface area contributed by atoms with E-state index in [0.29, 0.717) is 16.7 Å². The fraction of sp³-hybridized carbons (Fsp3) is 0.300. The SMILES string of the molecule is C[C@H](NCC(=O)N(CC(=O)N(CC(N)=O)[C@@H](C)c1ccc([N+](=O)[O-])cc1)[C@@H](C)c1ccc([N+](=O)[O-])cc1)c1ccc([N+](=O)[O-])cc1. The highest BCUT2D eigenvalue weighted by atomic mass is 16.6. The highest BCUT2D eigenvalue weighted by Crippen LogP contribution is 2.26. The van der Waals surface area contributed by atoms with Crippen LogP contribution in [0.25, 0.3) is 0 Å². The molecule has 0 aliphatic rings. The van der Waals surface area contributed by atoms with Crippen LogP contribution in [0.4, 0.5) is 17.1 Å². The summed E-state index contributed by atoms with van der Waals surface area (Å²) in [4.78, 5) is 73.4. The Bertz CT molecular complexity index is 1600. The van der Waals surface area contributed by atoms with Crippen LogP contribution in [-0.4, -0.2) is 61.9 Å². The van der Waals surface area contributed by atoms with Crippen molar-refractivity contribution in [2.45, 2.75) is 38.9 Å². The number of rotatable bonds is 15. The van der Waals surface area contributed by atoms with Gasteiger partial charge in [0.2, 0.25) is 17.7 Å². The third-order valence-corrected chi connectivity index (χ3v) is 7.54. The van der Waals surface area contributed by atoms with E-state index in [0.717, 1.165) is 0 Å². The largest absolute Gasteiger partial charge is 0.368 e. The number of nitro benzene ring substituents is 3. The summed E-state index contributed by atoms with van der Waals surface area (Å²) < 4.78 is 0. The Labute approximate surface area is 263 Å². The Balaban J connectivity index is 1.88. The molecule has 3 amide bonds. The number of nitrogens with two attached hydrogens (primary N) is 1. The third kappa shape index (κ3) is 8.88. The van der Waals surface area contributed by atoms with Gasteiger partial charge in [-0.25, -0.2) is 0 Å². The monoisotopic (exact) mass is 635 g/mol. The van der Waals surface area contributed by atoms with Gasteiger partial charge < -0.3 is 20.9 Å². The fourth-order valence-corrected chi connectivity index (χ4v) is 4.74. The van der Waals surface area contributed by atoms with E-state index >= 15 is 0 Å². The lowest BCUT2D eigenvalue weighted by molar-refractivity contribution is -0.385. The van der Waals surface area contributed by atoms with Crippen LogP contribution in [0.5, 0.6) is 0 Å². The molecule has 0 heterocycles. The Hall–Kier alpha value is -5.77. The van der Waals surface area contributed by atoms with Gasteiger partial charge in [-0.2, -0.15) is 0 Å². The first-order valence-corrected chi connectivity index (χ1v) is 14.0. The maximum absolute atomic E-state index is 13.8. The maximum Gasteiger partial charge on any atom is 0.269 e. The number of carbonyl (C=O) groups excluding carboxylic acids is 3. The Kier molecular flexibility index (Phi) is 11.5. The summed E-state index contributed by atoms with van der Waals surface area (Å²) in [7, 11) is 0. The molecule has 0 aromatic heterocycles. The number of nitro groups is 3. The van der Waals surface area contributed by atoms with Crippen LogP contribution >= 0.6 is 0 Å². The molecule has 3 rings (SSSR count). The first-order valence-electron chi connectivity index (χ1n) is 14.0. The van der Waals surface area contributed by atoms with Crippen LogP contribution in [0.2, 0.25) is 0 Å². The van der Waals surface area contributed by atoms with Gasteiger partial charge in [-0.1, -0.05) is 36.4 Å². The average Bonchev–Trinajstić information content (AvgIpc) is 3.04. The van der Waals surface area contributed by atoms with Crippen molar-refractivity contribution in [1.29, 1.82) is 0 Å². The van der Waals surface area contributed by atoms with Crippen LogP contribution < -0.4 is 11.1 Å². The topological polar surface area (TPSA) is 225 Å². The fourth-order valence-electron chi connectivity index (χ4n) is 4.74. The second kappa shape index (κ2) is 15.3.